The van der Waals surface area contributed by atoms with Gasteiger partial charge in [-0.3, -0.25) is 5.32 Å². The second-order valence-electron chi connectivity index (χ2n) is 5.89. The summed E-state index contributed by atoms with van der Waals surface area (Å²) in [7, 11) is 0. The average Bonchev–Trinajstić information content (AvgIpc) is 2.83. The summed E-state index contributed by atoms with van der Waals surface area (Å²) in [6.07, 6.45) is 0.952. The number of nitrogens with zero attached hydrogens (tertiary/aromatic N) is 2. The van der Waals surface area contributed by atoms with E-state index in [4.69, 9.17) is 5.73 Å². The van der Waals surface area contributed by atoms with Gasteiger partial charge in [0.1, 0.15) is 5.82 Å². The van der Waals surface area contributed by atoms with Crippen molar-refractivity contribution in [2.75, 3.05) is 5.32 Å². The molecule has 21 heavy (non-hydrogen) atoms. The lowest BCUT2D eigenvalue weighted by Crippen LogP contribution is -2.21. The fraction of sp³-hybridized carbons (Fsp3) is 0.375. The van der Waals surface area contributed by atoms with E-state index in [1.807, 2.05) is 37.3 Å². The van der Waals surface area contributed by atoms with Gasteiger partial charge in [-0.05, 0) is 25.5 Å². The lowest BCUT2D eigenvalue weighted by atomic mass is 9.87. The summed E-state index contributed by atoms with van der Waals surface area (Å²) in [4.78, 5) is 11.2. The number of benzene rings is 1. The summed E-state index contributed by atoms with van der Waals surface area (Å²) in [6.45, 7) is 8.40. The van der Waals surface area contributed by atoms with Gasteiger partial charge in [0.2, 0.25) is 0 Å². The number of amides is 2. The Labute approximate surface area is 125 Å². The standard InChI is InChI=1S/C16H22N4O/c1-5-16(3,4)13-10-14(18-15(17)21)20(19-13)12-8-6-11(2)7-9-12/h6-10H,5H2,1-4H3,(H3,17,18,21). The van der Waals surface area contributed by atoms with Crippen molar-refractivity contribution in [2.45, 2.75) is 39.5 Å². The number of primary amides is 1. The zero-order valence-corrected chi connectivity index (χ0v) is 13.0. The summed E-state index contributed by atoms with van der Waals surface area (Å²) >= 11 is 0. The first kappa shape index (κ1) is 15.1. The molecule has 2 aromatic rings. The molecule has 1 heterocycles. The topological polar surface area (TPSA) is 72.9 Å². The Balaban J connectivity index is 2.52. The third-order valence-corrected chi connectivity index (χ3v) is 3.82. The van der Waals surface area contributed by atoms with E-state index in [-0.39, 0.29) is 5.41 Å². The molecule has 1 aromatic carbocycles. The maximum absolute atomic E-state index is 11.2. The molecule has 0 saturated carbocycles. The molecule has 0 atom stereocenters. The first-order valence-electron chi connectivity index (χ1n) is 7.07. The van der Waals surface area contributed by atoms with E-state index >= 15 is 0 Å². The Bertz CT molecular complexity index is 641. The molecule has 0 aliphatic heterocycles. The highest BCUT2D eigenvalue weighted by molar-refractivity contribution is 5.87. The van der Waals surface area contributed by atoms with E-state index < -0.39 is 6.03 Å². The molecule has 0 aliphatic carbocycles. The van der Waals surface area contributed by atoms with Crippen molar-refractivity contribution in [3.05, 3.63) is 41.6 Å². The van der Waals surface area contributed by atoms with Gasteiger partial charge in [0.05, 0.1) is 11.4 Å². The quantitative estimate of drug-likeness (QED) is 0.904. The number of carbonyl (C=O) groups excluding carboxylic acids is 1. The van der Waals surface area contributed by atoms with Crippen LogP contribution in [0.1, 0.15) is 38.4 Å². The predicted octanol–water partition coefficient (Wildman–Crippen LogP) is 3.36. The third kappa shape index (κ3) is 3.24. The van der Waals surface area contributed by atoms with Gasteiger partial charge in [0, 0.05) is 11.5 Å². The molecule has 0 bridgehead atoms. The van der Waals surface area contributed by atoms with Gasteiger partial charge in [-0.1, -0.05) is 38.5 Å². The van der Waals surface area contributed by atoms with E-state index in [9.17, 15) is 4.79 Å². The molecule has 0 radical (unpaired) electrons. The van der Waals surface area contributed by atoms with Gasteiger partial charge in [0.25, 0.3) is 0 Å². The molecule has 0 saturated heterocycles. The molecular weight excluding hydrogens is 264 g/mol. The maximum Gasteiger partial charge on any atom is 0.317 e. The summed E-state index contributed by atoms with van der Waals surface area (Å²) in [5.41, 5.74) is 8.18. The normalized spacial score (nSPS) is 11.4. The smallest absolute Gasteiger partial charge is 0.317 e. The van der Waals surface area contributed by atoms with Crippen molar-refractivity contribution in [1.82, 2.24) is 9.78 Å². The van der Waals surface area contributed by atoms with Gasteiger partial charge in [-0.2, -0.15) is 5.10 Å². The van der Waals surface area contributed by atoms with Crippen molar-refractivity contribution in [2.24, 2.45) is 5.73 Å². The van der Waals surface area contributed by atoms with Crippen molar-refractivity contribution in [1.29, 1.82) is 0 Å². The van der Waals surface area contributed by atoms with Crippen LogP contribution in [0.2, 0.25) is 0 Å². The number of hydrogen-bond acceptors (Lipinski definition) is 2. The van der Waals surface area contributed by atoms with E-state index in [1.54, 1.807) is 4.68 Å². The molecule has 0 aliphatic rings. The Hall–Kier alpha value is -2.30. The van der Waals surface area contributed by atoms with Gasteiger partial charge in [-0.15, -0.1) is 0 Å². The number of nitrogens with two attached hydrogens (primary N) is 1. The highest BCUT2D eigenvalue weighted by atomic mass is 16.2. The molecule has 3 N–H and O–H groups in total. The van der Waals surface area contributed by atoms with E-state index in [1.165, 1.54) is 5.56 Å². The lowest BCUT2D eigenvalue weighted by Gasteiger charge is -2.19. The SMILES string of the molecule is CCC(C)(C)c1cc(NC(N)=O)n(-c2ccc(C)cc2)n1. The summed E-state index contributed by atoms with van der Waals surface area (Å²) < 4.78 is 1.72. The van der Waals surface area contributed by atoms with Gasteiger partial charge >= 0.3 is 6.03 Å². The largest absolute Gasteiger partial charge is 0.351 e. The predicted molar refractivity (Wildman–Crippen MR) is 84.8 cm³/mol. The monoisotopic (exact) mass is 286 g/mol. The fourth-order valence-electron chi connectivity index (χ4n) is 1.99. The van der Waals surface area contributed by atoms with Crippen molar-refractivity contribution in [3.63, 3.8) is 0 Å². The minimum atomic E-state index is -0.593. The number of anilines is 1. The third-order valence-electron chi connectivity index (χ3n) is 3.82. The molecule has 0 unspecified atom stereocenters. The van der Waals surface area contributed by atoms with Crippen LogP contribution >= 0.6 is 0 Å². The minimum Gasteiger partial charge on any atom is -0.351 e. The minimum absolute atomic E-state index is 0.0655. The van der Waals surface area contributed by atoms with Crippen molar-refractivity contribution >= 4 is 11.8 Å². The Kier molecular flexibility index (Phi) is 4.02. The fourth-order valence-corrected chi connectivity index (χ4v) is 1.99. The number of nitrogens with one attached hydrogen (secondary N) is 1. The van der Waals surface area contributed by atoms with Gasteiger partial charge < -0.3 is 5.73 Å². The first-order chi connectivity index (χ1) is 9.83. The van der Waals surface area contributed by atoms with Crippen LogP contribution in [0.15, 0.2) is 30.3 Å². The average molecular weight is 286 g/mol. The van der Waals surface area contributed by atoms with Gasteiger partial charge in [-0.25, -0.2) is 9.48 Å². The summed E-state index contributed by atoms with van der Waals surface area (Å²) in [5, 5.41) is 7.29. The van der Waals surface area contributed by atoms with Crippen LogP contribution in [0.4, 0.5) is 10.6 Å². The maximum atomic E-state index is 11.2. The number of carbonyl (C=O) groups is 1. The molecule has 2 rings (SSSR count). The van der Waals surface area contributed by atoms with E-state index in [0.717, 1.165) is 17.8 Å². The zero-order chi connectivity index (χ0) is 15.6. The summed E-state index contributed by atoms with van der Waals surface area (Å²) in [5.74, 6) is 0.586. The zero-order valence-electron chi connectivity index (χ0n) is 13.0. The Morgan fingerprint density at radius 3 is 2.48 bits per heavy atom. The van der Waals surface area contributed by atoms with Crippen LogP contribution in [-0.2, 0) is 5.41 Å². The Morgan fingerprint density at radius 1 is 1.33 bits per heavy atom. The molecule has 1 aromatic heterocycles. The molecular formula is C16H22N4O. The molecule has 0 spiro atoms. The van der Waals surface area contributed by atoms with Crippen LogP contribution in [0, 0.1) is 6.92 Å². The van der Waals surface area contributed by atoms with Crippen LogP contribution in [0.5, 0.6) is 0 Å². The first-order valence-corrected chi connectivity index (χ1v) is 7.07. The number of rotatable bonds is 4. The van der Waals surface area contributed by atoms with Crippen LogP contribution in [-0.4, -0.2) is 15.8 Å². The number of aromatic nitrogens is 2. The Morgan fingerprint density at radius 2 is 1.95 bits per heavy atom. The van der Waals surface area contributed by atoms with E-state index in [0.29, 0.717) is 5.82 Å². The second-order valence-corrected chi connectivity index (χ2v) is 5.89. The van der Waals surface area contributed by atoms with Crippen LogP contribution in [0.25, 0.3) is 5.69 Å². The van der Waals surface area contributed by atoms with E-state index in [2.05, 4.69) is 31.2 Å². The second kappa shape index (κ2) is 5.60. The molecule has 0 fully saturated rings. The van der Waals surface area contributed by atoms with Crippen LogP contribution < -0.4 is 11.1 Å². The molecule has 112 valence electrons. The molecule has 5 nitrogen and oxygen atoms in total. The number of aryl methyl sites for hydroxylation is 1. The number of urea groups is 1. The number of hydrogen-bond donors (Lipinski definition) is 2. The summed E-state index contributed by atoms with van der Waals surface area (Å²) in [6, 6.07) is 9.25. The molecule has 5 heteroatoms. The van der Waals surface area contributed by atoms with Crippen LogP contribution in [0.3, 0.4) is 0 Å². The molecule has 2 amide bonds. The highest BCUT2D eigenvalue weighted by Crippen LogP contribution is 2.29. The van der Waals surface area contributed by atoms with Crippen molar-refractivity contribution < 1.29 is 4.79 Å². The van der Waals surface area contributed by atoms with Crippen molar-refractivity contribution in [3.8, 4) is 5.69 Å². The lowest BCUT2D eigenvalue weighted by molar-refractivity contribution is 0.259. The van der Waals surface area contributed by atoms with Gasteiger partial charge in [0.15, 0.2) is 0 Å². The highest BCUT2D eigenvalue weighted by Gasteiger charge is 2.24.